The number of carboxylic acids is 1. The Hall–Kier alpha value is -1.06. The van der Waals surface area contributed by atoms with Crippen molar-refractivity contribution in [3.63, 3.8) is 0 Å². The third-order valence-corrected chi connectivity index (χ3v) is 2.76. The van der Waals surface area contributed by atoms with Crippen LogP contribution in [-0.2, 0) is 4.79 Å². The molecule has 0 heterocycles. The van der Waals surface area contributed by atoms with Gasteiger partial charge in [-0.15, -0.1) is 0 Å². The predicted molar refractivity (Wildman–Crippen MR) is 65.0 cm³/mol. The number of rotatable bonds is 4. The zero-order valence-electron chi connectivity index (χ0n) is 9.40. The highest BCUT2D eigenvalue weighted by molar-refractivity contribution is 6.30. The van der Waals surface area contributed by atoms with Crippen molar-refractivity contribution < 1.29 is 9.90 Å². The first-order valence-electron chi connectivity index (χ1n) is 5.19. The van der Waals surface area contributed by atoms with E-state index in [1.807, 2.05) is 26.0 Å². The Bertz CT molecular complexity index is 391. The summed E-state index contributed by atoms with van der Waals surface area (Å²) in [6.07, 6.45) is 0. The predicted octanol–water partition coefficient (Wildman–Crippen LogP) is 2.59. The summed E-state index contributed by atoms with van der Waals surface area (Å²) in [7, 11) is 0. The lowest BCUT2D eigenvalue weighted by Crippen LogP contribution is -2.21. The maximum atomic E-state index is 11.0. The third kappa shape index (κ3) is 2.97. The fourth-order valence-electron chi connectivity index (χ4n) is 1.55. The molecule has 1 rings (SSSR count). The van der Waals surface area contributed by atoms with Crippen LogP contribution in [-0.4, -0.2) is 17.6 Å². The Morgan fingerprint density at radius 2 is 1.94 bits per heavy atom. The van der Waals surface area contributed by atoms with Crippen LogP contribution in [0.15, 0.2) is 18.2 Å². The fourth-order valence-corrected chi connectivity index (χ4v) is 1.80. The Labute approximate surface area is 100 Å². The topological polar surface area (TPSA) is 63.3 Å². The highest BCUT2D eigenvalue weighted by atomic mass is 35.5. The van der Waals surface area contributed by atoms with Gasteiger partial charge in [0, 0.05) is 11.6 Å². The van der Waals surface area contributed by atoms with Crippen LogP contribution in [0.2, 0.25) is 5.02 Å². The standard InChI is InChI=1S/C12H16ClNO2/c1-7(2)8-3-9(5-10(13)4-8)11(6-14)12(15)16/h3-5,7,11H,6,14H2,1-2H3,(H,15,16). The molecular formula is C12H16ClNO2. The molecule has 3 N–H and O–H groups in total. The molecule has 1 atom stereocenters. The highest BCUT2D eigenvalue weighted by Gasteiger charge is 2.19. The zero-order valence-corrected chi connectivity index (χ0v) is 10.2. The van der Waals surface area contributed by atoms with Crippen molar-refractivity contribution in [3.8, 4) is 0 Å². The number of nitrogens with two attached hydrogens (primary N) is 1. The van der Waals surface area contributed by atoms with Gasteiger partial charge in [-0.25, -0.2) is 0 Å². The van der Waals surface area contributed by atoms with Gasteiger partial charge >= 0.3 is 5.97 Å². The number of benzene rings is 1. The van der Waals surface area contributed by atoms with Crippen LogP contribution >= 0.6 is 11.6 Å². The Morgan fingerprint density at radius 3 is 2.38 bits per heavy atom. The maximum Gasteiger partial charge on any atom is 0.312 e. The van der Waals surface area contributed by atoms with E-state index in [0.717, 1.165) is 5.56 Å². The second-order valence-corrected chi connectivity index (χ2v) is 4.54. The number of aliphatic carboxylic acids is 1. The summed E-state index contributed by atoms with van der Waals surface area (Å²) >= 11 is 5.97. The summed E-state index contributed by atoms with van der Waals surface area (Å²) < 4.78 is 0. The van der Waals surface area contributed by atoms with E-state index in [4.69, 9.17) is 22.4 Å². The van der Waals surface area contributed by atoms with Gasteiger partial charge in [-0.1, -0.05) is 31.5 Å². The van der Waals surface area contributed by atoms with Crippen LogP contribution in [0.1, 0.15) is 36.8 Å². The number of hydrogen-bond acceptors (Lipinski definition) is 2. The molecule has 1 aromatic rings. The van der Waals surface area contributed by atoms with Gasteiger partial charge in [-0.05, 0) is 29.2 Å². The molecule has 0 spiro atoms. The highest BCUT2D eigenvalue weighted by Crippen LogP contribution is 2.25. The summed E-state index contributed by atoms with van der Waals surface area (Å²) in [4.78, 5) is 11.0. The molecule has 0 radical (unpaired) electrons. The average Bonchev–Trinajstić information content (AvgIpc) is 2.17. The van der Waals surface area contributed by atoms with Crippen LogP contribution in [0.3, 0.4) is 0 Å². The number of carboxylic acid groups (broad SMARTS) is 1. The van der Waals surface area contributed by atoms with E-state index in [-0.39, 0.29) is 6.54 Å². The van der Waals surface area contributed by atoms with E-state index < -0.39 is 11.9 Å². The molecule has 0 fully saturated rings. The number of hydrogen-bond donors (Lipinski definition) is 2. The second kappa shape index (κ2) is 5.32. The fraction of sp³-hybridized carbons (Fsp3) is 0.417. The van der Waals surface area contributed by atoms with Crippen molar-refractivity contribution in [2.24, 2.45) is 5.73 Å². The summed E-state index contributed by atoms with van der Waals surface area (Å²) in [6.45, 7) is 4.15. The molecule has 1 unspecified atom stereocenters. The Kier molecular flexibility index (Phi) is 4.33. The quantitative estimate of drug-likeness (QED) is 0.852. The first kappa shape index (κ1) is 13.0. The normalized spacial score (nSPS) is 12.8. The van der Waals surface area contributed by atoms with Crippen molar-refractivity contribution in [2.75, 3.05) is 6.54 Å². The van der Waals surface area contributed by atoms with E-state index in [1.54, 1.807) is 6.07 Å². The van der Waals surface area contributed by atoms with Gasteiger partial charge in [0.25, 0.3) is 0 Å². The molecular weight excluding hydrogens is 226 g/mol. The minimum Gasteiger partial charge on any atom is -0.481 e. The van der Waals surface area contributed by atoms with Crippen LogP contribution < -0.4 is 5.73 Å². The molecule has 0 amide bonds. The minimum atomic E-state index is -0.917. The van der Waals surface area contributed by atoms with E-state index in [9.17, 15) is 4.79 Å². The SMILES string of the molecule is CC(C)c1cc(Cl)cc(C(CN)C(=O)O)c1. The van der Waals surface area contributed by atoms with Crippen molar-refractivity contribution in [1.82, 2.24) is 0 Å². The molecule has 0 saturated heterocycles. The van der Waals surface area contributed by atoms with E-state index in [2.05, 4.69) is 0 Å². The van der Waals surface area contributed by atoms with E-state index in [0.29, 0.717) is 16.5 Å². The smallest absolute Gasteiger partial charge is 0.312 e. The zero-order chi connectivity index (χ0) is 12.3. The van der Waals surface area contributed by atoms with Gasteiger partial charge in [0.05, 0.1) is 5.92 Å². The molecule has 0 aliphatic carbocycles. The van der Waals surface area contributed by atoms with Crippen LogP contribution in [0, 0.1) is 0 Å². The largest absolute Gasteiger partial charge is 0.481 e. The molecule has 0 aromatic heterocycles. The van der Waals surface area contributed by atoms with Crippen molar-refractivity contribution in [3.05, 3.63) is 34.3 Å². The first-order valence-corrected chi connectivity index (χ1v) is 5.56. The Morgan fingerprint density at radius 1 is 1.38 bits per heavy atom. The summed E-state index contributed by atoms with van der Waals surface area (Å²) in [6, 6.07) is 5.38. The summed E-state index contributed by atoms with van der Waals surface area (Å²) in [5.41, 5.74) is 7.16. The molecule has 88 valence electrons. The minimum absolute atomic E-state index is 0.0766. The maximum absolute atomic E-state index is 11.0. The third-order valence-electron chi connectivity index (χ3n) is 2.55. The molecule has 3 nitrogen and oxygen atoms in total. The van der Waals surface area contributed by atoms with Gasteiger partial charge in [0.2, 0.25) is 0 Å². The summed E-state index contributed by atoms with van der Waals surface area (Å²) in [5.74, 6) is -1.29. The Balaban J connectivity index is 3.17. The lowest BCUT2D eigenvalue weighted by molar-refractivity contribution is -0.138. The molecule has 16 heavy (non-hydrogen) atoms. The van der Waals surface area contributed by atoms with Gasteiger partial charge in [-0.2, -0.15) is 0 Å². The molecule has 0 aliphatic rings. The van der Waals surface area contributed by atoms with Gasteiger partial charge < -0.3 is 10.8 Å². The van der Waals surface area contributed by atoms with Crippen LogP contribution in [0.4, 0.5) is 0 Å². The van der Waals surface area contributed by atoms with Gasteiger partial charge in [-0.3, -0.25) is 4.79 Å². The number of carbonyl (C=O) groups is 1. The van der Waals surface area contributed by atoms with E-state index in [1.165, 1.54) is 0 Å². The number of halogens is 1. The van der Waals surface area contributed by atoms with Crippen LogP contribution in [0.5, 0.6) is 0 Å². The lowest BCUT2D eigenvalue weighted by Gasteiger charge is -2.14. The van der Waals surface area contributed by atoms with Crippen molar-refractivity contribution >= 4 is 17.6 Å². The van der Waals surface area contributed by atoms with Crippen LogP contribution in [0.25, 0.3) is 0 Å². The molecule has 0 aliphatic heterocycles. The molecule has 1 aromatic carbocycles. The monoisotopic (exact) mass is 241 g/mol. The second-order valence-electron chi connectivity index (χ2n) is 4.10. The first-order chi connectivity index (χ1) is 7.45. The van der Waals surface area contributed by atoms with Crippen molar-refractivity contribution in [1.29, 1.82) is 0 Å². The van der Waals surface area contributed by atoms with Gasteiger partial charge in [0.1, 0.15) is 0 Å². The van der Waals surface area contributed by atoms with Crippen molar-refractivity contribution in [2.45, 2.75) is 25.7 Å². The molecule has 0 bridgehead atoms. The molecule has 4 heteroatoms. The molecule has 0 saturated carbocycles. The summed E-state index contributed by atoms with van der Waals surface area (Å²) in [5, 5.41) is 9.58. The lowest BCUT2D eigenvalue weighted by atomic mass is 9.94. The van der Waals surface area contributed by atoms with E-state index >= 15 is 0 Å². The van der Waals surface area contributed by atoms with Gasteiger partial charge in [0.15, 0.2) is 0 Å². The average molecular weight is 242 g/mol.